The van der Waals surface area contributed by atoms with Gasteiger partial charge in [0.1, 0.15) is 10.7 Å². The van der Waals surface area contributed by atoms with Crippen molar-refractivity contribution in [3.05, 3.63) is 45.7 Å². The van der Waals surface area contributed by atoms with Crippen LogP contribution in [-0.2, 0) is 4.79 Å². The molecule has 2 aliphatic rings. The Kier molecular flexibility index (Phi) is 7.36. The van der Waals surface area contributed by atoms with E-state index in [0.29, 0.717) is 43.4 Å². The zero-order chi connectivity index (χ0) is 23.6. The number of rotatable bonds is 4. The molecule has 7 heteroatoms. The lowest BCUT2D eigenvalue weighted by atomic mass is 9.90. The number of benzene rings is 1. The second-order valence-corrected chi connectivity index (χ2v) is 10.7. The molecule has 1 aliphatic carbocycles. The SMILES string of the molecule is Cc1ccc(C(=O)N(C2=C(C(=O)O)SC(C#CC(C)(C)C)C2)C2CCC(O)CC2)cc1F. The van der Waals surface area contributed by atoms with Crippen LogP contribution in [0.3, 0.4) is 0 Å². The molecule has 1 aromatic carbocycles. The predicted octanol–water partition coefficient (Wildman–Crippen LogP) is 4.73. The van der Waals surface area contributed by atoms with Gasteiger partial charge in [0.05, 0.1) is 11.4 Å². The molecule has 1 saturated carbocycles. The maximum absolute atomic E-state index is 14.2. The fourth-order valence-electron chi connectivity index (χ4n) is 3.97. The molecule has 1 fully saturated rings. The quantitative estimate of drug-likeness (QED) is 0.637. The molecular formula is C25H30FNO4S. The van der Waals surface area contributed by atoms with Crippen LogP contribution in [0, 0.1) is 30.0 Å². The second-order valence-electron chi connectivity index (χ2n) is 9.51. The van der Waals surface area contributed by atoms with E-state index in [2.05, 4.69) is 11.8 Å². The van der Waals surface area contributed by atoms with Gasteiger partial charge in [0.15, 0.2) is 0 Å². The Bertz CT molecular complexity index is 993. The molecule has 172 valence electrons. The third kappa shape index (κ3) is 5.73. The Morgan fingerprint density at radius 2 is 1.84 bits per heavy atom. The van der Waals surface area contributed by atoms with Crippen LogP contribution in [0.15, 0.2) is 28.8 Å². The van der Waals surface area contributed by atoms with Gasteiger partial charge in [-0.15, -0.1) is 0 Å². The highest BCUT2D eigenvalue weighted by atomic mass is 32.2. The van der Waals surface area contributed by atoms with Gasteiger partial charge < -0.3 is 15.1 Å². The van der Waals surface area contributed by atoms with E-state index in [0.717, 1.165) is 0 Å². The average Bonchev–Trinajstić information content (AvgIpc) is 3.14. The number of allylic oxidation sites excluding steroid dienone is 1. The van der Waals surface area contributed by atoms with Gasteiger partial charge in [-0.3, -0.25) is 4.79 Å². The van der Waals surface area contributed by atoms with E-state index in [9.17, 15) is 24.2 Å². The third-order valence-electron chi connectivity index (χ3n) is 5.66. The lowest BCUT2D eigenvalue weighted by Crippen LogP contribution is -2.43. The summed E-state index contributed by atoms with van der Waals surface area (Å²) in [6.07, 6.45) is 2.09. The van der Waals surface area contributed by atoms with E-state index in [1.54, 1.807) is 24.0 Å². The second kappa shape index (κ2) is 9.68. The van der Waals surface area contributed by atoms with Crippen molar-refractivity contribution in [2.45, 2.75) is 77.2 Å². The Morgan fingerprint density at radius 3 is 2.41 bits per heavy atom. The number of hydrogen-bond donors (Lipinski definition) is 2. The Labute approximate surface area is 193 Å². The van der Waals surface area contributed by atoms with E-state index >= 15 is 0 Å². The summed E-state index contributed by atoms with van der Waals surface area (Å²) in [7, 11) is 0. The van der Waals surface area contributed by atoms with Crippen molar-refractivity contribution in [1.29, 1.82) is 0 Å². The highest BCUT2D eigenvalue weighted by Crippen LogP contribution is 2.42. The molecule has 1 heterocycles. The minimum atomic E-state index is -1.09. The molecule has 1 atom stereocenters. The lowest BCUT2D eigenvalue weighted by Gasteiger charge is -2.37. The number of halogens is 1. The average molecular weight is 460 g/mol. The van der Waals surface area contributed by atoms with Crippen LogP contribution in [0.2, 0.25) is 0 Å². The Hall–Kier alpha value is -2.30. The van der Waals surface area contributed by atoms with Crippen LogP contribution in [0.1, 0.15) is 68.8 Å². The van der Waals surface area contributed by atoms with Gasteiger partial charge >= 0.3 is 5.97 Å². The summed E-state index contributed by atoms with van der Waals surface area (Å²) in [5.74, 6) is 4.36. The van der Waals surface area contributed by atoms with Crippen LogP contribution in [-0.4, -0.2) is 44.4 Å². The van der Waals surface area contributed by atoms with Gasteiger partial charge in [-0.1, -0.05) is 29.7 Å². The van der Waals surface area contributed by atoms with E-state index < -0.39 is 23.8 Å². The van der Waals surface area contributed by atoms with Crippen LogP contribution in [0.25, 0.3) is 0 Å². The molecule has 1 aromatic rings. The van der Waals surface area contributed by atoms with E-state index in [1.165, 1.54) is 17.8 Å². The van der Waals surface area contributed by atoms with Gasteiger partial charge in [0, 0.05) is 29.1 Å². The Morgan fingerprint density at radius 1 is 1.19 bits per heavy atom. The molecule has 0 radical (unpaired) electrons. The number of hydrogen-bond acceptors (Lipinski definition) is 4. The molecule has 0 saturated heterocycles. The van der Waals surface area contributed by atoms with Crippen molar-refractivity contribution < 1.29 is 24.2 Å². The normalized spacial score (nSPS) is 23.5. The zero-order valence-corrected chi connectivity index (χ0v) is 19.8. The minimum absolute atomic E-state index is 0.116. The number of aliphatic hydroxyl groups is 1. The molecule has 5 nitrogen and oxygen atoms in total. The van der Waals surface area contributed by atoms with Crippen LogP contribution in [0.5, 0.6) is 0 Å². The van der Waals surface area contributed by atoms with E-state index in [1.807, 2.05) is 20.8 Å². The molecule has 2 N–H and O–H groups in total. The number of carbonyl (C=O) groups is 2. The number of carboxylic acid groups (broad SMARTS) is 1. The van der Waals surface area contributed by atoms with Crippen LogP contribution < -0.4 is 0 Å². The number of carbonyl (C=O) groups excluding carboxylic acids is 1. The number of aliphatic hydroxyl groups excluding tert-OH is 1. The zero-order valence-electron chi connectivity index (χ0n) is 18.9. The summed E-state index contributed by atoms with van der Waals surface area (Å²) in [6.45, 7) is 7.59. The lowest BCUT2D eigenvalue weighted by molar-refractivity contribution is -0.131. The number of amides is 1. The van der Waals surface area contributed by atoms with Crippen molar-refractivity contribution in [2.75, 3.05) is 0 Å². The topological polar surface area (TPSA) is 77.8 Å². The fourth-order valence-corrected chi connectivity index (χ4v) is 5.03. The van der Waals surface area contributed by atoms with Crippen molar-refractivity contribution in [2.24, 2.45) is 5.41 Å². The number of carboxylic acids is 1. The standard InChI is InChI=1S/C25H30FNO4S/c1-15-5-6-16(13-20(15)26)23(29)27(17-7-9-18(28)10-8-17)21-14-19(11-12-25(2,3)4)32-22(21)24(30)31/h5-6,13,17-19,28H,7-10,14H2,1-4H3,(H,30,31). The van der Waals surface area contributed by atoms with Gasteiger partial charge in [-0.2, -0.15) is 0 Å². The fraction of sp³-hybridized carbons (Fsp3) is 0.520. The first-order valence-electron chi connectivity index (χ1n) is 10.9. The molecule has 0 bridgehead atoms. The summed E-state index contributed by atoms with van der Waals surface area (Å²) in [6, 6.07) is 4.08. The maximum Gasteiger partial charge on any atom is 0.344 e. The number of nitrogens with zero attached hydrogens (tertiary/aromatic N) is 1. The molecular weight excluding hydrogens is 429 g/mol. The largest absolute Gasteiger partial charge is 0.477 e. The van der Waals surface area contributed by atoms with Crippen LogP contribution in [0.4, 0.5) is 4.39 Å². The highest BCUT2D eigenvalue weighted by Gasteiger charge is 2.39. The molecule has 0 spiro atoms. The molecule has 1 aliphatic heterocycles. The molecule has 0 aromatic heterocycles. The maximum atomic E-state index is 14.2. The minimum Gasteiger partial charge on any atom is -0.477 e. The van der Waals surface area contributed by atoms with Crippen molar-refractivity contribution in [3.8, 4) is 11.8 Å². The first kappa shape index (κ1) is 24.3. The molecule has 1 unspecified atom stereocenters. The van der Waals surface area contributed by atoms with Crippen molar-refractivity contribution >= 4 is 23.6 Å². The molecule has 3 rings (SSSR count). The van der Waals surface area contributed by atoms with E-state index in [4.69, 9.17) is 0 Å². The van der Waals surface area contributed by atoms with Crippen LogP contribution >= 0.6 is 11.8 Å². The summed E-state index contributed by atoms with van der Waals surface area (Å²) in [5, 5.41) is 19.6. The summed E-state index contributed by atoms with van der Waals surface area (Å²) >= 11 is 1.17. The third-order valence-corrected chi connectivity index (χ3v) is 6.88. The van der Waals surface area contributed by atoms with Gasteiger partial charge in [-0.05, 0) is 71.1 Å². The number of aliphatic carboxylic acids is 1. The smallest absolute Gasteiger partial charge is 0.344 e. The summed E-state index contributed by atoms with van der Waals surface area (Å²) in [4.78, 5) is 27.3. The van der Waals surface area contributed by atoms with E-state index in [-0.39, 0.29) is 27.2 Å². The molecule has 32 heavy (non-hydrogen) atoms. The first-order chi connectivity index (χ1) is 15.0. The summed E-state index contributed by atoms with van der Waals surface area (Å²) < 4.78 is 14.2. The first-order valence-corrected chi connectivity index (χ1v) is 11.8. The number of aryl methyl sites for hydroxylation is 1. The van der Waals surface area contributed by atoms with Gasteiger partial charge in [-0.25, -0.2) is 9.18 Å². The van der Waals surface area contributed by atoms with Gasteiger partial charge in [0.25, 0.3) is 5.91 Å². The Balaban J connectivity index is 2.01. The van der Waals surface area contributed by atoms with Crippen molar-refractivity contribution in [1.82, 2.24) is 4.90 Å². The van der Waals surface area contributed by atoms with Crippen molar-refractivity contribution in [3.63, 3.8) is 0 Å². The van der Waals surface area contributed by atoms with Gasteiger partial charge in [0.2, 0.25) is 0 Å². The number of thioether (sulfide) groups is 1. The predicted molar refractivity (Wildman–Crippen MR) is 123 cm³/mol. The summed E-state index contributed by atoms with van der Waals surface area (Å²) in [5.41, 5.74) is 0.836. The molecule has 1 amide bonds. The monoisotopic (exact) mass is 459 g/mol. The highest BCUT2D eigenvalue weighted by molar-refractivity contribution is 8.05.